The van der Waals surface area contributed by atoms with Crippen LogP contribution in [0.3, 0.4) is 0 Å². The first-order valence-corrected chi connectivity index (χ1v) is 7.88. The molecule has 0 unspecified atom stereocenters. The van der Waals surface area contributed by atoms with Gasteiger partial charge in [-0.25, -0.2) is 0 Å². The SMILES string of the molecule is CCCCN1CCC(NCCc2ccccc2)CC1. The lowest BCUT2D eigenvalue weighted by molar-refractivity contribution is 0.196. The van der Waals surface area contributed by atoms with Gasteiger partial charge in [0.25, 0.3) is 0 Å². The molecule has 0 amide bonds. The summed E-state index contributed by atoms with van der Waals surface area (Å²) in [7, 11) is 0. The van der Waals surface area contributed by atoms with Crippen LogP contribution in [0.5, 0.6) is 0 Å². The fraction of sp³-hybridized carbons (Fsp3) is 0.647. The first-order valence-electron chi connectivity index (χ1n) is 7.88. The Labute approximate surface area is 118 Å². The molecule has 1 aliphatic rings. The maximum Gasteiger partial charge on any atom is 0.00915 e. The summed E-state index contributed by atoms with van der Waals surface area (Å²) in [6.07, 6.45) is 6.45. The second-order valence-electron chi connectivity index (χ2n) is 5.66. The van der Waals surface area contributed by atoms with Crippen molar-refractivity contribution < 1.29 is 0 Å². The van der Waals surface area contributed by atoms with E-state index >= 15 is 0 Å². The first-order chi connectivity index (χ1) is 9.38. The number of piperidine rings is 1. The van der Waals surface area contributed by atoms with Crippen LogP contribution in [0.25, 0.3) is 0 Å². The van der Waals surface area contributed by atoms with E-state index in [2.05, 4.69) is 47.5 Å². The Morgan fingerprint density at radius 2 is 1.89 bits per heavy atom. The smallest absolute Gasteiger partial charge is 0.00915 e. The Kier molecular flexibility index (Phi) is 6.38. The van der Waals surface area contributed by atoms with Crippen molar-refractivity contribution in [3.05, 3.63) is 35.9 Å². The van der Waals surface area contributed by atoms with E-state index in [0.717, 1.165) is 19.0 Å². The van der Waals surface area contributed by atoms with E-state index in [0.29, 0.717) is 0 Å². The number of nitrogens with zero attached hydrogens (tertiary/aromatic N) is 1. The highest BCUT2D eigenvalue weighted by Crippen LogP contribution is 2.11. The van der Waals surface area contributed by atoms with Crippen molar-refractivity contribution in [3.8, 4) is 0 Å². The van der Waals surface area contributed by atoms with Crippen molar-refractivity contribution in [2.45, 2.75) is 45.1 Å². The topological polar surface area (TPSA) is 15.3 Å². The van der Waals surface area contributed by atoms with Crippen LogP contribution in [0.1, 0.15) is 38.2 Å². The standard InChI is InChI=1S/C17H28N2/c1-2-3-13-19-14-10-17(11-15-19)18-12-9-16-7-5-4-6-8-16/h4-8,17-18H,2-3,9-15H2,1H3. The van der Waals surface area contributed by atoms with Crippen molar-refractivity contribution in [2.75, 3.05) is 26.2 Å². The number of hydrogen-bond donors (Lipinski definition) is 1. The molecule has 1 heterocycles. The van der Waals surface area contributed by atoms with Crippen LogP contribution < -0.4 is 5.32 Å². The van der Waals surface area contributed by atoms with E-state index in [4.69, 9.17) is 0 Å². The molecule has 106 valence electrons. The summed E-state index contributed by atoms with van der Waals surface area (Å²) in [5, 5.41) is 3.72. The highest BCUT2D eigenvalue weighted by molar-refractivity contribution is 5.14. The van der Waals surface area contributed by atoms with Crippen molar-refractivity contribution in [1.29, 1.82) is 0 Å². The Morgan fingerprint density at radius 3 is 2.58 bits per heavy atom. The fourth-order valence-corrected chi connectivity index (χ4v) is 2.81. The van der Waals surface area contributed by atoms with E-state index in [1.165, 1.54) is 50.9 Å². The van der Waals surface area contributed by atoms with Crippen molar-refractivity contribution in [3.63, 3.8) is 0 Å². The third kappa shape index (κ3) is 5.33. The molecule has 2 heteroatoms. The molecule has 0 aliphatic carbocycles. The lowest BCUT2D eigenvalue weighted by Crippen LogP contribution is -2.43. The predicted molar refractivity (Wildman–Crippen MR) is 82.5 cm³/mol. The molecule has 0 atom stereocenters. The quantitative estimate of drug-likeness (QED) is 0.810. The highest BCUT2D eigenvalue weighted by atomic mass is 15.1. The van der Waals surface area contributed by atoms with E-state index in [-0.39, 0.29) is 0 Å². The Morgan fingerprint density at radius 1 is 1.16 bits per heavy atom. The third-order valence-electron chi connectivity index (χ3n) is 4.10. The largest absolute Gasteiger partial charge is 0.314 e. The molecular formula is C17H28N2. The zero-order chi connectivity index (χ0) is 13.3. The van der Waals surface area contributed by atoms with Crippen molar-refractivity contribution in [1.82, 2.24) is 10.2 Å². The predicted octanol–water partition coefficient (Wildman–Crippen LogP) is 3.08. The summed E-state index contributed by atoms with van der Waals surface area (Å²) in [5.74, 6) is 0. The number of hydrogen-bond acceptors (Lipinski definition) is 2. The van der Waals surface area contributed by atoms with Gasteiger partial charge in [-0.3, -0.25) is 0 Å². The maximum absolute atomic E-state index is 3.72. The molecule has 1 N–H and O–H groups in total. The monoisotopic (exact) mass is 260 g/mol. The Bertz CT molecular complexity index is 328. The van der Waals surface area contributed by atoms with Crippen LogP contribution >= 0.6 is 0 Å². The van der Waals surface area contributed by atoms with Crippen LogP contribution in [0.4, 0.5) is 0 Å². The number of unbranched alkanes of at least 4 members (excludes halogenated alkanes) is 1. The highest BCUT2D eigenvalue weighted by Gasteiger charge is 2.17. The number of nitrogens with one attached hydrogen (secondary N) is 1. The number of likely N-dealkylation sites (tertiary alicyclic amines) is 1. The summed E-state index contributed by atoms with van der Waals surface area (Å²) in [6, 6.07) is 11.5. The van der Waals surface area contributed by atoms with Crippen LogP contribution in [-0.4, -0.2) is 37.1 Å². The third-order valence-corrected chi connectivity index (χ3v) is 4.10. The summed E-state index contributed by atoms with van der Waals surface area (Å²) in [4.78, 5) is 2.62. The van der Waals surface area contributed by atoms with Gasteiger partial charge in [0.1, 0.15) is 0 Å². The Balaban J connectivity index is 1.58. The molecule has 1 aromatic carbocycles. The van der Waals surface area contributed by atoms with Gasteiger partial charge in [-0.15, -0.1) is 0 Å². The average Bonchev–Trinajstić information content (AvgIpc) is 2.47. The van der Waals surface area contributed by atoms with E-state index in [9.17, 15) is 0 Å². The zero-order valence-corrected chi connectivity index (χ0v) is 12.3. The van der Waals surface area contributed by atoms with Gasteiger partial charge in [-0.1, -0.05) is 43.7 Å². The molecule has 1 aromatic rings. The van der Waals surface area contributed by atoms with Gasteiger partial charge in [0.2, 0.25) is 0 Å². The van der Waals surface area contributed by atoms with Gasteiger partial charge in [-0.05, 0) is 57.4 Å². The molecule has 19 heavy (non-hydrogen) atoms. The summed E-state index contributed by atoms with van der Waals surface area (Å²) in [6.45, 7) is 7.25. The van der Waals surface area contributed by atoms with Crippen LogP contribution in [0.2, 0.25) is 0 Å². The lowest BCUT2D eigenvalue weighted by atomic mass is 10.0. The maximum atomic E-state index is 3.72. The summed E-state index contributed by atoms with van der Waals surface area (Å²) >= 11 is 0. The molecule has 0 saturated carbocycles. The second kappa shape index (κ2) is 8.34. The zero-order valence-electron chi connectivity index (χ0n) is 12.3. The molecule has 1 aliphatic heterocycles. The molecule has 2 nitrogen and oxygen atoms in total. The molecule has 2 rings (SSSR count). The minimum atomic E-state index is 0.738. The number of benzene rings is 1. The molecule has 0 radical (unpaired) electrons. The summed E-state index contributed by atoms with van der Waals surface area (Å²) in [5.41, 5.74) is 1.44. The van der Waals surface area contributed by atoms with E-state index < -0.39 is 0 Å². The molecule has 0 spiro atoms. The van der Waals surface area contributed by atoms with Gasteiger partial charge in [-0.2, -0.15) is 0 Å². The molecule has 0 aromatic heterocycles. The normalized spacial score (nSPS) is 17.7. The van der Waals surface area contributed by atoms with Crippen LogP contribution in [-0.2, 0) is 6.42 Å². The average molecular weight is 260 g/mol. The number of rotatable bonds is 7. The van der Waals surface area contributed by atoms with Crippen LogP contribution in [0, 0.1) is 0 Å². The first kappa shape index (κ1) is 14.5. The van der Waals surface area contributed by atoms with Gasteiger partial charge in [0.05, 0.1) is 0 Å². The summed E-state index contributed by atoms with van der Waals surface area (Å²) < 4.78 is 0. The minimum Gasteiger partial charge on any atom is -0.314 e. The van der Waals surface area contributed by atoms with E-state index in [1.807, 2.05) is 0 Å². The lowest BCUT2D eigenvalue weighted by Gasteiger charge is -2.32. The van der Waals surface area contributed by atoms with Gasteiger partial charge >= 0.3 is 0 Å². The van der Waals surface area contributed by atoms with Crippen molar-refractivity contribution in [2.24, 2.45) is 0 Å². The molecule has 1 fully saturated rings. The molecule has 0 bridgehead atoms. The molecular weight excluding hydrogens is 232 g/mol. The molecule has 1 saturated heterocycles. The van der Waals surface area contributed by atoms with Gasteiger partial charge in [0.15, 0.2) is 0 Å². The van der Waals surface area contributed by atoms with E-state index in [1.54, 1.807) is 0 Å². The van der Waals surface area contributed by atoms with Gasteiger partial charge in [0, 0.05) is 6.04 Å². The van der Waals surface area contributed by atoms with Gasteiger partial charge < -0.3 is 10.2 Å². The van der Waals surface area contributed by atoms with Crippen molar-refractivity contribution >= 4 is 0 Å². The van der Waals surface area contributed by atoms with Crippen LogP contribution in [0.15, 0.2) is 30.3 Å². The Hall–Kier alpha value is -0.860. The second-order valence-corrected chi connectivity index (χ2v) is 5.66. The fourth-order valence-electron chi connectivity index (χ4n) is 2.81. The minimum absolute atomic E-state index is 0.738.